The van der Waals surface area contributed by atoms with Gasteiger partial charge in [0.05, 0.1) is 0 Å². The van der Waals surface area contributed by atoms with Crippen molar-refractivity contribution in [2.45, 2.75) is 380 Å². The second-order valence-electron chi connectivity index (χ2n) is 24.3. The number of Topliss-reactive ketones (excluding diaryl/α,β-unsaturated/α-hetero) is 8. The lowest BCUT2D eigenvalue weighted by molar-refractivity contribution is -0.120. The van der Waals surface area contributed by atoms with Crippen LogP contribution in [0.5, 0.6) is 0 Å². The molecule has 0 fully saturated rings. The van der Waals surface area contributed by atoms with Crippen molar-refractivity contribution in [3.8, 4) is 0 Å². The molecule has 0 amide bonds. The Morgan fingerprint density at radius 2 is 0.472 bits per heavy atom. The van der Waals surface area contributed by atoms with Crippen molar-refractivity contribution in [3.05, 3.63) is 119 Å². The summed E-state index contributed by atoms with van der Waals surface area (Å²) in [5.74, 6) is 3.94. The van der Waals surface area contributed by atoms with Crippen LogP contribution < -0.4 is 0 Å². The summed E-state index contributed by atoms with van der Waals surface area (Å²) in [5, 5.41) is 0. The van der Waals surface area contributed by atoms with Crippen LogP contribution in [0.1, 0.15) is 419 Å². The average molecular weight is 1520 g/mol. The minimum Gasteiger partial charge on any atom is -0.441 e. The van der Waals surface area contributed by atoms with E-state index in [1.54, 1.807) is 50.2 Å². The molecular weight excluding hydrogens is 1350 g/mol. The zero-order chi connectivity index (χ0) is 66.6. The number of oxazole rings is 4. The van der Waals surface area contributed by atoms with Crippen molar-refractivity contribution >= 4 is 90.7 Å². The number of nitrogens with zero attached hydrogens (tertiary/aromatic N) is 4. The Bertz CT molecular complexity index is 3400. The SMILES string of the molecule is C.C.C.C.C.C.C.C.C.C.C.C.C.C.C.C.CCCCCCC(=O)CCCc1nc2cc(C(C)=O)ccc2o1.CCCCCCC(=O)CCCc1nc2cc(C(C)=O)ccc2o1.CCCCCCC(=O)c1ccc2oc(CCCC(C)=O)nc2c1.CCCCCCC(=O)c1ccc2oc(CCCC(C)=O)nc2c1. The van der Waals surface area contributed by atoms with Crippen LogP contribution in [0.3, 0.4) is 0 Å². The largest absolute Gasteiger partial charge is 0.441 e. The lowest BCUT2D eigenvalue weighted by Crippen LogP contribution is -1.99. The van der Waals surface area contributed by atoms with Crippen LogP contribution in [0.4, 0.5) is 0 Å². The van der Waals surface area contributed by atoms with Gasteiger partial charge in [0.15, 0.2) is 69.0 Å². The van der Waals surface area contributed by atoms with Gasteiger partial charge >= 0.3 is 0 Å². The van der Waals surface area contributed by atoms with E-state index in [0.717, 1.165) is 88.1 Å². The molecule has 8 rings (SSSR count). The Kier molecular flexibility index (Phi) is 83.0. The van der Waals surface area contributed by atoms with Crippen LogP contribution in [-0.2, 0) is 44.9 Å². The second kappa shape index (κ2) is 70.8. The molecule has 0 bridgehead atoms. The van der Waals surface area contributed by atoms with E-state index in [2.05, 4.69) is 47.6 Å². The first-order valence-corrected chi connectivity index (χ1v) is 34.1. The lowest BCUT2D eigenvalue weighted by atomic mass is 10.0. The first-order chi connectivity index (χ1) is 44.4. The van der Waals surface area contributed by atoms with Gasteiger partial charge < -0.3 is 27.3 Å². The van der Waals surface area contributed by atoms with E-state index in [1.165, 1.54) is 65.2 Å². The van der Waals surface area contributed by atoms with Crippen molar-refractivity contribution in [3.63, 3.8) is 0 Å². The first kappa shape index (κ1) is 127. The van der Waals surface area contributed by atoms with E-state index >= 15 is 0 Å². The van der Waals surface area contributed by atoms with E-state index in [0.29, 0.717) is 168 Å². The Morgan fingerprint density at radius 1 is 0.259 bits per heavy atom. The number of unbranched alkanes of at least 4 members (excludes halogenated alkanes) is 12. The highest BCUT2D eigenvalue weighted by Crippen LogP contribution is 2.25. The summed E-state index contributed by atoms with van der Waals surface area (Å²) in [4.78, 5) is 110. The summed E-state index contributed by atoms with van der Waals surface area (Å²) in [6.07, 6.45) is 28.3. The average Bonchev–Trinajstić information content (AvgIpc) is 1.70. The molecule has 0 saturated carbocycles. The maximum atomic E-state index is 12.2. The number of benzene rings is 4. The summed E-state index contributed by atoms with van der Waals surface area (Å²) >= 11 is 0. The number of aryl methyl sites for hydroxylation is 4. The van der Waals surface area contributed by atoms with Crippen LogP contribution in [0.2, 0.25) is 0 Å². The van der Waals surface area contributed by atoms with Gasteiger partial charge in [-0.1, -0.05) is 224 Å². The predicted octanol–water partition coefficient (Wildman–Crippen LogP) is 29.7. The summed E-state index contributed by atoms with van der Waals surface area (Å²) in [6.45, 7) is 14.9. The van der Waals surface area contributed by atoms with Gasteiger partial charge in [-0.2, -0.15) is 0 Å². The predicted molar refractivity (Wildman–Crippen MR) is 471 cm³/mol. The maximum absolute atomic E-state index is 12.2. The molecule has 16 heteroatoms. The third-order valence-corrected chi connectivity index (χ3v) is 15.8. The minimum atomic E-state index is 0. The molecule has 0 spiro atoms. The number of ketones is 8. The van der Waals surface area contributed by atoms with Gasteiger partial charge in [-0.05, 0) is 152 Å². The van der Waals surface area contributed by atoms with Crippen LogP contribution in [-0.4, -0.2) is 66.2 Å². The lowest BCUT2D eigenvalue weighted by Gasteiger charge is -2.00. The summed E-state index contributed by atoms with van der Waals surface area (Å²) < 4.78 is 22.7. The highest BCUT2D eigenvalue weighted by atomic mass is 16.4. The molecule has 108 heavy (non-hydrogen) atoms. The number of hydrogen-bond donors (Lipinski definition) is 0. The maximum Gasteiger partial charge on any atom is 0.195 e. The van der Waals surface area contributed by atoms with Gasteiger partial charge in [0.2, 0.25) is 0 Å². The Labute approximate surface area is 661 Å². The molecule has 4 aromatic heterocycles. The molecule has 0 aliphatic heterocycles. The fraction of sp³-hybridized carbons (Fsp3) is 0.609. The molecule has 624 valence electrons. The molecule has 0 radical (unpaired) electrons. The molecule has 4 heterocycles. The normalized spacial score (nSPS) is 9.41. The van der Waals surface area contributed by atoms with Crippen LogP contribution in [0.25, 0.3) is 44.4 Å². The standard InChI is InChI=1S/4C19H25NO3.16CH4/c2*1-3-4-5-6-9-17(22)15-11-12-18-16(13-15)20-19(23-18)10-7-8-14(2)21;2*1-3-4-5-6-8-16(22)9-7-10-19-20-17-13-15(14(2)21)11-12-18(17)23-19;;;;;;;;;;;;;;;;/h4*11-13H,3-10H2,1-2H3;16*1H4. The van der Waals surface area contributed by atoms with Gasteiger partial charge in [0.1, 0.15) is 45.2 Å². The topological polar surface area (TPSA) is 241 Å². The Hall–Kier alpha value is -7.88. The number of carbonyl (C=O) groups excluding carboxylic acids is 8. The monoisotopic (exact) mass is 1520 g/mol. The van der Waals surface area contributed by atoms with Gasteiger partial charge in [-0.15, -0.1) is 0 Å². The van der Waals surface area contributed by atoms with Crippen LogP contribution in [0.15, 0.2) is 90.5 Å². The minimum absolute atomic E-state index is 0. The second-order valence-corrected chi connectivity index (χ2v) is 24.3. The van der Waals surface area contributed by atoms with Crippen LogP contribution >= 0.6 is 0 Å². The quantitative estimate of drug-likeness (QED) is 0.0256. The zero-order valence-corrected chi connectivity index (χ0v) is 56.2. The summed E-state index contributed by atoms with van der Waals surface area (Å²) in [6, 6.07) is 21.5. The highest BCUT2D eigenvalue weighted by molar-refractivity contribution is 6.00. The van der Waals surface area contributed by atoms with E-state index < -0.39 is 0 Å². The van der Waals surface area contributed by atoms with Crippen LogP contribution in [0, 0.1) is 0 Å². The fourth-order valence-electron chi connectivity index (χ4n) is 10.4. The number of rotatable bonds is 40. The van der Waals surface area contributed by atoms with Crippen molar-refractivity contribution in [1.29, 1.82) is 0 Å². The molecule has 0 N–H and O–H groups in total. The molecule has 0 atom stereocenters. The van der Waals surface area contributed by atoms with Gasteiger partial charge in [-0.3, -0.25) is 28.8 Å². The fourth-order valence-corrected chi connectivity index (χ4v) is 10.4. The zero-order valence-electron chi connectivity index (χ0n) is 56.2. The molecular formula is C92H164N4O12. The number of carbonyl (C=O) groups is 8. The molecule has 4 aromatic carbocycles. The molecule has 0 saturated heterocycles. The van der Waals surface area contributed by atoms with Crippen molar-refractivity contribution in [1.82, 2.24) is 19.9 Å². The van der Waals surface area contributed by atoms with E-state index in [1.807, 2.05) is 36.4 Å². The number of hydrogen-bond acceptors (Lipinski definition) is 16. The van der Waals surface area contributed by atoms with E-state index in [4.69, 9.17) is 17.7 Å². The van der Waals surface area contributed by atoms with Crippen molar-refractivity contribution < 1.29 is 56.0 Å². The highest BCUT2D eigenvalue weighted by Gasteiger charge is 2.16. The van der Waals surface area contributed by atoms with E-state index in [-0.39, 0.29) is 154 Å². The third-order valence-electron chi connectivity index (χ3n) is 15.8. The van der Waals surface area contributed by atoms with Crippen molar-refractivity contribution in [2.24, 2.45) is 0 Å². The number of fused-ring (bicyclic) bond motifs is 4. The summed E-state index contributed by atoms with van der Waals surface area (Å²) in [5.41, 5.74) is 8.33. The Balaban J connectivity index is -0.000000108. The number of aromatic nitrogens is 4. The molecule has 16 nitrogen and oxygen atoms in total. The summed E-state index contributed by atoms with van der Waals surface area (Å²) in [7, 11) is 0. The van der Waals surface area contributed by atoms with Crippen molar-refractivity contribution in [2.75, 3.05) is 0 Å². The Morgan fingerprint density at radius 3 is 0.704 bits per heavy atom. The molecule has 0 unspecified atom stereocenters. The molecule has 0 aliphatic rings. The molecule has 0 aliphatic carbocycles. The molecule has 8 aromatic rings. The van der Waals surface area contributed by atoms with Gasteiger partial charge in [0, 0.05) is 99.3 Å². The van der Waals surface area contributed by atoms with E-state index in [9.17, 15) is 38.4 Å². The smallest absolute Gasteiger partial charge is 0.195 e. The third kappa shape index (κ3) is 47.1. The van der Waals surface area contributed by atoms with Gasteiger partial charge in [0.25, 0.3) is 0 Å². The van der Waals surface area contributed by atoms with Gasteiger partial charge in [-0.25, -0.2) is 19.9 Å². The first-order valence-electron chi connectivity index (χ1n) is 34.1.